The van der Waals surface area contributed by atoms with Crippen molar-refractivity contribution in [1.82, 2.24) is 40.0 Å². The zero-order valence-corrected chi connectivity index (χ0v) is 84.8. The number of rotatable bonds is 13. The third kappa shape index (κ3) is 22.2. The molecule has 750 valence electrons. The van der Waals surface area contributed by atoms with Crippen LogP contribution < -0.4 is 49.3 Å². The molecule has 0 spiro atoms. The smallest absolute Gasteiger partial charge is 0.453 e. The van der Waals surface area contributed by atoms with Gasteiger partial charge in [0.05, 0.1) is 45.5 Å². The summed E-state index contributed by atoms with van der Waals surface area (Å²) in [6, 6.07) is 99.8. The number of hydrogen-bond acceptors (Lipinski definition) is 21. The third-order valence-corrected chi connectivity index (χ3v) is 30.6. The lowest BCUT2D eigenvalue weighted by atomic mass is 9.81. The van der Waals surface area contributed by atoms with Crippen LogP contribution in [0.2, 0.25) is 5.02 Å². The lowest BCUT2D eigenvalue weighted by molar-refractivity contribution is -0.107. The van der Waals surface area contributed by atoms with Crippen molar-refractivity contribution in [3.8, 4) is 79.4 Å². The third-order valence-electron chi connectivity index (χ3n) is 30.3. The Morgan fingerprint density at radius 1 is 0.347 bits per heavy atom. The zero-order chi connectivity index (χ0) is 101. The summed E-state index contributed by atoms with van der Waals surface area (Å²) in [6.45, 7) is 12.7. The van der Waals surface area contributed by atoms with Gasteiger partial charge in [0, 0.05) is 146 Å². The molecule has 16 heterocycles. The van der Waals surface area contributed by atoms with Gasteiger partial charge in [0.15, 0.2) is 46.0 Å². The van der Waals surface area contributed by atoms with Crippen LogP contribution in [0.5, 0.6) is 46.0 Å². The van der Waals surface area contributed by atoms with Crippen LogP contribution in [-0.4, -0.2) is 161 Å². The Morgan fingerprint density at radius 3 is 0.986 bits per heavy atom. The van der Waals surface area contributed by atoms with E-state index in [1.54, 1.807) is 12.1 Å². The monoisotopic (exact) mass is 1980 g/mol. The molecule has 12 atom stereocenters. The van der Waals surface area contributed by atoms with Crippen LogP contribution in [0.3, 0.4) is 0 Å². The Morgan fingerprint density at radius 2 is 0.646 bits per heavy atom. The fraction of sp³-hybridized carbons (Fsp3) is 0.320. The quantitative estimate of drug-likeness (QED) is 0.0719. The van der Waals surface area contributed by atoms with E-state index < -0.39 is 18.3 Å². The predicted molar refractivity (Wildman–Crippen MR) is 581 cm³/mol. The number of carbonyl (C=O) groups excluding carboxylic acids is 3. The predicted octanol–water partition coefficient (Wildman–Crippen LogP) is 26.1. The van der Waals surface area contributed by atoms with Crippen molar-refractivity contribution >= 4 is 88.2 Å². The van der Waals surface area contributed by atoms with E-state index in [4.69, 9.17) is 50.1 Å². The second-order valence-electron chi connectivity index (χ2n) is 42.2. The molecule has 23 nitrogen and oxygen atoms in total. The second kappa shape index (κ2) is 43.7. The first-order valence-corrected chi connectivity index (χ1v) is 52.5. The molecule has 12 aliphatic heterocycles. The summed E-state index contributed by atoms with van der Waals surface area (Å²) in [5.41, 5.74) is 17.9. The molecule has 3 N–H and O–H groups in total. The maximum absolute atomic E-state index is 13.0. The van der Waals surface area contributed by atoms with Gasteiger partial charge in [-0.25, -0.2) is 9.59 Å². The maximum Gasteiger partial charge on any atom is 0.488 e. The largest absolute Gasteiger partial charge is 0.488 e. The van der Waals surface area contributed by atoms with Gasteiger partial charge < -0.3 is 78.0 Å². The minimum absolute atomic E-state index is 0.173. The van der Waals surface area contributed by atoms with E-state index in [2.05, 4.69) is 214 Å². The number of nitrogens with zero attached hydrogens (tertiary/aromatic N) is 11. The molecule has 14 aromatic rings. The number of aromatic nitrogens is 4. The SMILES string of the molecule is CC(C)(C)OC(=O)N1[C@@H]2CC[C@H]1CC(N1c3ccccc3Oc3cc(-c4ccncc4)ccc31)C2.CC(C)(C)OC(=O)N1[C@@H]2CC[C@H]1CC(N1c3ccccc3Oc3cc(Cl)ccc31)C2.O=CCc1ccccc1.OB(O)c1ccncc1.c1ccc(CCN2[C@@H]3CC[C@H]2CC(N2c4ccccc4Oc4cc(-c5ccncc5)ccc42)C3)cc1.c1ccc2c(c1)Oc1cc(-c3ccncc3)ccc1N2C1C[C@H]2CC[C@@H](C1)N2. The number of para-hydroxylation sites is 8. The fourth-order valence-electron chi connectivity index (χ4n) is 24.0. The van der Waals surface area contributed by atoms with Crippen LogP contribution in [0.4, 0.5) is 55.1 Å². The topological polar surface area (TPSA) is 233 Å². The molecule has 10 aromatic carbocycles. The van der Waals surface area contributed by atoms with Crippen LogP contribution in [0.1, 0.15) is 155 Å². The molecule has 147 heavy (non-hydrogen) atoms. The van der Waals surface area contributed by atoms with E-state index in [0.717, 1.165) is 178 Å². The fourth-order valence-corrected chi connectivity index (χ4v) is 24.2. The van der Waals surface area contributed by atoms with Crippen molar-refractivity contribution in [2.75, 3.05) is 26.1 Å². The molecule has 26 rings (SSSR count). The first-order chi connectivity index (χ1) is 71.6. The summed E-state index contributed by atoms with van der Waals surface area (Å²) in [4.78, 5) is 68.8. The Kier molecular flexibility index (Phi) is 29.3. The van der Waals surface area contributed by atoms with Gasteiger partial charge in [-0.15, -0.1) is 0 Å². The summed E-state index contributed by atoms with van der Waals surface area (Å²) < 4.78 is 36.8. The summed E-state index contributed by atoms with van der Waals surface area (Å²) in [6.07, 6.45) is 34.0. The highest BCUT2D eigenvalue weighted by molar-refractivity contribution is 6.58. The van der Waals surface area contributed by atoms with Crippen LogP contribution in [0.15, 0.2) is 329 Å². The maximum atomic E-state index is 13.0. The van der Waals surface area contributed by atoms with Crippen LogP contribution >= 0.6 is 11.6 Å². The minimum Gasteiger partial charge on any atom is -0.453 e. The van der Waals surface area contributed by atoms with Gasteiger partial charge in [0.1, 0.15) is 17.5 Å². The average Bonchev–Trinajstić information content (AvgIpc) is 1.72. The molecule has 8 bridgehead atoms. The number of amides is 2. The van der Waals surface area contributed by atoms with Gasteiger partial charge in [-0.2, -0.15) is 0 Å². The standard InChI is InChI=1S/C32H31N3O.C29H31N3O3.C24H27ClN2O3.C24H23N3O.C8H8O.C5H6BNO2/c1-2-6-23(7-3-1)16-19-34-26-11-12-27(34)22-28(21-26)35-29-8-4-5-9-31(29)36-32-20-25(10-13-30(32)35)24-14-17-33-18-15-24;1-29(2,3)35-28(33)31-21-9-10-22(31)18-23(17-21)32-24-6-4-5-7-26(24)34-27-16-20(8-11-25(27)32)19-12-14-30-15-13-19;1-24(2,3)30-23(28)26-16-9-10-17(26)14-18(13-16)27-19-6-4-5-7-21(19)29-22-12-15(25)8-11-20(22)27;1-2-4-23-21(3-1)27(20-14-18-6-7-19(15-20)26-18)22-8-5-17(13-24(22)28-23)16-9-11-25-12-10-16;9-7-6-8-4-2-1-3-5-8;8-6(9)5-1-3-7-4-2-5/h1-10,13-15,17-18,20,26-28H,11-12,16,19,21-22H2;4-8,11-16,21-23H,9-10,17-18H2,1-3H3;4-8,11-12,16-18H,9-10,13-14H2,1-3H3;1-5,8-13,18-20,26H,6-7,14-15H2;1-5,7H,6H2;1-4,8-9H/t26-,27+,28?;21-,22+,23?;16-,17+,18?;18-,19+,20?;;. The number of pyridine rings is 4. The molecule has 12 aliphatic rings. The van der Waals surface area contributed by atoms with Crippen molar-refractivity contribution in [3.63, 3.8) is 0 Å². The van der Waals surface area contributed by atoms with E-state index in [-0.39, 0.29) is 48.4 Å². The van der Waals surface area contributed by atoms with E-state index in [1.165, 1.54) is 92.1 Å². The van der Waals surface area contributed by atoms with E-state index >= 15 is 0 Å². The number of ether oxygens (including phenoxy) is 6. The Bertz CT molecular complexity index is 6890. The highest BCUT2D eigenvalue weighted by Gasteiger charge is 2.51. The molecule has 25 heteroatoms. The Balaban J connectivity index is 0.000000109. The number of halogens is 1. The summed E-state index contributed by atoms with van der Waals surface area (Å²) in [7, 11) is -1.38. The highest BCUT2D eigenvalue weighted by Crippen LogP contribution is 2.58. The summed E-state index contributed by atoms with van der Waals surface area (Å²) in [5, 5.41) is 21.5. The summed E-state index contributed by atoms with van der Waals surface area (Å²) in [5.74, 6) is 7.15. The van der Waals surface area contributed by atoms with Crippen molar-refractivity contribution in [2.24, 2.45) is 0 Å². The normalized spacial score (nSPS) is 21.9. The molecule has 4 unspecified atom stereocenters. The molecule has 0 radical (unpaired) electrons. The lowest BCUT2D eigenvalue weighted by Crippen LogP contribution is -2.53. The number of anilines is 8. The molecule has 8 saturated heterocycles. The lowest BCUT2D eigenvalue weighted by Gasteiger charge is -2.46. The number of fused-ring (bicyclic) bond motifs is 16. The Hall–Kier alpha value is -14.4. The highest BCUT2D eigenvalue weighted by atomic mass is 35.5. The number of benzene rings is 10. The zero-order valence-electron chi connectivity index (χ0n) is 84.1. The van der Waals surface area contributed by atoms with Crippen molar-refractivity contribution in [2.45, 2.75) is 241 Å². The van der Waals surface area contributed by atoms with Gasteiger partial charge in [-0.05, 0) is 346 Å². The van der Waals surface area contributed by atoms with Crippen LogP contribution in [-0.2, 0) is 27.1 Å². The first-order valence-electron chi connectivity index (χ1n) is 52.1. The molecule has 8 fully saturated rings. The molecule has 0 saturated carbocycles. The van der Waals surface area contributed by atoms with Gasteiger partial charge in [-0.3, -0.25) is 24.8 Å². The number of carbonyl (C=O) groups is 3. The number of hydrogen-bond donors (Lipinski definition) is 3. The van der Waals surface area contributed by atoms with E-state index in [0.29, 0.717) is 53.2 Å². The Labute approximate surface area is 866 Å². The molecular formula is C122H126BClN12O11. The van der Waals surface area contributed by atoms with Gasteiger partial charge in [-0.1, -0.05) is 139 Å². The minimum atomic E-state index is -1.38. The van der Waals surface area contributed by atoms with Crippen molar-refractivity contribution in [1.29, 1.82) is 0 Å². The molecule has 4 aromatic heterocycles. The molecule has 0 aliphatic carbocycles. The number of piperidine rings is 4. The number of nitrogens with one attached hydrogen (secondary N) is 1. The van der Waals surface area contributed by atoms with Gasteiger partial charge >= 0.3 is 19.3 Å². The summed E-state index contributed by atoms with van der Waals surface area (Å²) >= 11 is 6.24. The van der Waals surface area contributed by atoms with Crippen molar-refractivity contribution < 1.29 is 52.9 Å². The first kappa shape index (κ1) is 98.6. The van der Waals surface area contributed by atoms with E-state index in [1.807, 2.05) is 192 Å². The van der Waals surface area contributed by atoms with Crippen LogP contribution in [0.25, 0.3) is 33.4 Å². The average molecular weight is 1980 g/mol. The van der Waals surface area contributed by atoms with Crippen molar-refractivity contribution in [3.05, 3.63) is 345 Å². The van der Waals surface area contributed by atoms with E-state index in [9.17, 15) is 14.4 Å². The number of aldehydes is 1. The molecular weight excluding hydrogens is 1860 g/mol. The van der Waals surface area contributed by atoms with Crippen LogP contribution in [0, 0.1) is 0 Å². The molecule has 2 amide bonds. The van der Waals surface area contributed by atoms with Gasteiger partial charge in [0.25, 0.3) is 0 Å². The van der Waals surface area contributed by atoms with Gasteiger partial charge in [0.2, 0.25) is 0 Å². The second-order valence-corrected chi connectivity index (χ2v) is 42.6.